The molecule has 1 N–H and O–H groups in total. The van der Waals surface area contributed by atoms with E-state index in [0.29, 0.717) is 6.54 Å². The van der Waals surface area contributed by atoms with E-state index in [1.807, 2.05) is 13.8 Å². The van der Waals surface area contributed by atoms with E-state index in [2.05, 4.69) is 27.0 Å². The predicted molar refractivity (Wildman–Crippen MR) is 77.3 cm³/mol. The Kier molecular flexibility index (Phi) is 5.36. The van der Waals surface area contributed by atoms with Gasteiger partial charge in [0.15, 0.2) is 0 Å². The zero-order valence-corrected chi connectivity index (χ0v) is 12.4. The summed E-state index contributed by atoms with van der Waals surface area (Å²) in [6, 6.07) is 2.41. The molecule has 106 valence electrons. The van der Waals surface area contributed by atoms with E-state index in [1.165, 1.54) is 5.56 Å². The Labute approximate surface area is 118 Å². The summed E-state index contributed by atoms with van der Waals surface area (Å²) in [6.07, 6.45) is 0. The van der Waals surface area contributed by atoms with Crippen LogP contribution in [-0.4, -0.2) is 43.7 Å². The fourth-order valence-electron chi connectivity index (χ4n) is 2.21. The van der Waals surface area contributed by atoms with Crippen LogP contribution in [0.15, 0.2) is 16.8 Å². The first kappa shape index (κ1) is 14.5. The lowest BCUT2D eigenvalue weighted by Crippen LogP contribution is -2.44. The third kappa shape index (κ3) is 4.03. The zero-order valence-electron chi connectivity index (χ0n) is 11.6. The molecule has 1 aromatic rings. The SMILES string of the molecule is CC(C)C(=O)NC[C@@H](c1ccsc1)N1CCOCC1. The topological polar surface area (TPSA) is 41.6 Å². The van der Waals surface area contributed by atoms with E-state index in [1.54, 1.807) is 11.3 Å². The Balaban J connectivity index is 2.00. The van der Waals surface area contributed by atoms with Gasteiger partial charge < -0.3 is 10.1 Å². The van der Waals surface area contributed by atoms with Gasteiger partial charge in [0.25, 0.3) is 0 Å². The lowest BCUT2D eigenvalue weighted by atomic mass is 10.1. The third-order valence-electron chi connectivity index (χ3n) is 3.41. The lowest BCUT2D eigenvalue weighted by molar-refractivity contribution is -0.124. The minimum absolute atomic E-state index is 0.0350. The second kappa shape index (κ2) is 7.03. The average molecular weight is 282 g/mol. The van der Waals surface area contributed by atoms with Gasteiger partial charge in [0.05, 0.1) is 19.3 Å². The van der Waals surface area contributed by atoms with Crippen molar-refractivity contribution in [1.82, 2.24) is 10.2 Å². The summed E-state index contributed by atoms with van der Waals surface area (Å²) >= 11 is 1.70. The molecule has 2 rings (SSSR count). The monoisotopic (exact) mass is 282 g/mol. The van der Waals surface area contributed by atoms with Crippen molar-refractivity contribution in [2.45, 2.75) is 19.9 Å². The summed E-state index contributed by atoms with van der Waals surface area (Å²) < 4.78 is 5.40. The molecule has 1 fully saturated rings. The highest BCUT2D eigenvalue weighted by Gasteiger charge is 2.23. The van der Waals surface area contributed by atoms with Crippen LogP contribution in [0, 0.1) is 5.92 Å². The van der Waals surface area contributed by atoms with Gasteiger partial charge in [-0.2, -0.15) is 11.3 Å². The van der Waals surface area contributed by atoms with Crippen LogP contribution in [0.5, 0.6) is 0 Å². The van der Waals surface area contributed by atoms with Crippen molar-refractivity contribution in [3.63, 3.8) is 0 Å². The van der Waals surface area contributed by atoms with Gasteiger partial charge in [-0.15, -0.1) is 0 Å². The Morgan fingerprint density at radius 3 is 2.79 bits per heavy atom. The number of thiophene rings is 1. The number of ether oxygens (including phenoxy) is 1. The Morgan fingerprint density at radius 2 is 2.21 bits per heavy atom. The molecular formula is C14H22N2O2S. The van der Waals surface area contributed by atoms with Crippen LogP contribution in [0.1, 0.15) is 25.5 Å². The molecular weight excluding hydrogens is 260 g/mol. The van der Waals surface area contributed by atoms with Gasteiger partial charge in [-0.05, 0) is 22.4 Å². The maximum absolute atomic E-state index is 11.7. The van der Waals surface area contributed by atoms with Gasteiger partial charge in [0.1, 0.15) is 0 Å². The summed E-state index contributed by atoms with van der Waals surface area (Å²) in [6.45, 7) is 7.93. The third-order valence-corrected chi connectivity index (χ3v) is 4.11. The fourth-order valence-corrected chi connectivity index (χ4v) is 2.92. The summed E-state index contributed by atoms with van der Waals surface area (Å²) in [5.74, 6) is 0.154. The van der Waals surface area contributed by atoms with Crippen LogP contribution < -0.4 is 5.32 Å². The molecule has 0 aliphatic carbocycles. The molecule has 1 aliphatic heterocycles. The fraction of sp³-hybridized carbons (Fsp3) is 0.643. The van der Waals surface area contributed by atoms with E-state index >= 15 is 0 Å². The number of hydrogen-bond acceptors (Lipinski definition) is 4. The summed E-state index contributed by atoms with van der Waals surface area (Å²) in [7, 11) is 0. The molecule has 0 aromatic carbocycles. The molecule has 0 spiro atoms. The highest BCUT2D eigenvalue weighted by molar-refractivity contribution is 7.07. The van der Waals surface area contributed by atoms with E-state index in [0.717, 1.165) is 26.3 Å². The van der Waals surface area contributed by atoms with E-state index in [-0.39, 0.29) is 17.9 Å². The van der Waals surface area contributed by atoms with E-state index in [4.69, 9.17) is 4.74 Å². The lowest BCUT2D eigenvalue weighted by Gasteiger charge is -2.34. The van der Waals surface area contributed by atoms with Crippen molar-refractivity contribution in [1.29, 1.82) is 0 Å². The standard InChI is InChI=1S/C14H22N2O2S/c1-11(2)14(17)15-9-13(12-3-8-19-10-12)16-4-6-18-7-5-16/h3,8,10-11,13H,4-7,9H2,1-2H3,(H,15,17)/t13-/m0/s1. The number of nitrogens with one attached hydrogen (secondary N) is 1. The second-order valence-corrected chi connectivity index (χ2v) is 5.90. The predicted octanol–water partition coefficient (Wildman–Crippen LogP) is 1.89. The van der Waals surface area contributed by atoms with Gasteiger partial charge in [0.2, 0.25) is 5.91 Å². The summed E-state index contributed by atoms with van der Waals surface area (Å²) in [4.78, 5) is 14.1. The van der Waals surface area contributed by atoms with Gasteiger partial charge in [-0.1, -0.05) is 13.8 Å². The van der Waals surface area contributed by atoms with Crippen molar-refractivity contribution in [2.24, 2.45) is 5.92 Å². The minimum atomic E-state index is 0.0350. The zero-order chi connectivity index (χ0) is 13.7. The van der Waals surface area contributed by atoms with Crippen LogP contribution in [-0.2, 0) is 9.53 Å². The maximum Gasteiger partial charge on any atom is 0.222 e. The molecule has 0 saturated carbocycles. The normalized spacial score (nSPS) is 18.5. The van der Waals surface area contributed by atoms with Crippen LogP contribution >= 0.6 is 11.3 Å². The van der Waals surface area contributed by atoms with Crippen LogP contribution in [0.4, 0.5) is 0 Å². The van der Waals surface area contributed by atoms with Crippen LogP contribution in [0.25, 0.3) is 0 Å². The van der Waals surface area contributed by atoms with Gasteiger partial charge in [-0.3, -0.25) is 9.69 Å². The number of morpholine rings is 1. The summed E-state index contributed by atoms with van der Waals surface area (Å²) in [5, 5.41) is 7.31. The number of carbonyl (C=O) groups is 1. The highest BCUT2D eigenvalue weighted by Crippen LogP contribution is 2.23. The molecule has 1 amide bonds. The maximum atomic E-state index is 11.7. The molecule has 0 bridgehead atoms. The molecule has 19 heavy (non-hydrogen) atoms. The number of amides is 1. The van der Waals surface area contributed by atoms with Crippen molar-refractivity contribution >= 4 is 17.2 Å². The van der Waals surface area contributed by atoms with Crippen LogP contribution in [0.3, 0.4) is 0 Å². The van der Waals surface area contributed by atoms with Crippen molar-refractivity contribution in [2.75, 3.05) is 32.8 Å². The number of rotatable bonds is 5. The number of hydrogen-bond donors (Lipinski definition) is 1. The second-order valence-electron chi connectivity index (χ2n) is 5.12. The Morgan fingerprint density at radius 1 is 1.47 bits per heavy atom. The molecule has 5 heteroatoms. The van der Waals surface area contributed by atoms with Crippen molar-refractivity contribution in [3.8, 4) is 0 Å². The first-order valence-electron chi connectivity index (χ1n) is 6.80. The molecule has 1 aromatic heterocycles. The quantitative estimate of drug-likeness (QED) is 0.897. The van der Waals surface area contributed by atoms with E-state index < -0.39 is 0 Å². The van der Waals surface area contributed by atoms with Crippen molar-refractivity contribution < 1.29 is 9.53 Å². The van der Waals surface area contributed by atoms with Crippen molar-refractivity contribution in [3.05, 3.63) is 22.4 Å². The smallest absolute Gasteiger partial charge is 0.222 e. The first-order chi connectivity index (χ1) is 9.18. The van der Waals surface area contributed by atoms with Crippen LogP contribution in [0.2, 0.25) is 0 Å². The highest BCUT2D eigenvalue weighted by atomic mass is 32.1. The molecule has 1 atom stereocenters. The molecule has 1 aliphatic rings. The molecule has 4 nitrogen and oxygen atoms in total. The molecule has 0 unspecified atom stereocenters. The van der Waals surface area contributed by atoms with Gasteiger partial charge in [0, 0.05) is 25.6 Å². The van der Waals surface area contributed by atoms with Gasteiger partial charge in [-0.25, -0.2) is 0 Å². The molecule has 2 heterocycles. The van der Waals surface area contributed by atoms with Gasteiger partial charge >= 0.3 is 0 Å². The molecule has 1 saturated heterocycles. The number of carbonyl (C=O) groups excluding carboxylic acids is 1. The first-order valence-corrected chi connectivity index (χ1v) is 7.74. The Hall–Kier alpha value is -0.910. The number of nitrogens with zero attached hydrogens (tertiary/aromatic N) is 1. The largest absolute Gasteiger partial charge is 0.379 e. The average Bonchev–Trinajstić information content (AvgIpc) is 2.94. The molecule has 0 radical (unpaired) electrons. The Bertz CT molecular complexity index is 386. The minimum Gasteiger partial charge on any atom is -0.379 e. The summed E-state index contributed by atoms with van der Waals surface area (Å²) in [5.41, 5.74) is 1.29. The van der Waals surface area contributed by atoms with E-state index in [9.17, 15) is 4.79 Å².